The SMILES string of the molecule is COC(=O)C(C)(CCN(C)CC1CCCCO1)NC1CC1. The van der Waals surface area contributed by atoms with E-state index in [1.54, 1.807) is 0 Å². The Bertz CT molecular complexity index is 340. The van der Waals surface area contributed by atoms with Crippen molar-refractivity contribution in [2.75, 3.05) is 33.9 Å². The lowest BCUT2D eigenvalue weighted by atomic mass is 9.97. The van der Waals surface area contributed by atoms with Crippen LogP contribution in [0, 0.1) is 0 Å². The average Bonchev–Trinajstić information content (AvgIpc) is 3.29. The van der Waals surface area contributed by atoms with Crippen LogP contribution in [-0.2, 0) is 14.3 Å². The van der Waals surface area contributed by atoms with Gasteiger partial charge in [-0.15, -0.1) is 0 Å². The molecule has 0 spiro atoms. The Morgan fingerprint density at radius 3 is 2.71 bits per heavy atom. The lowest BCUT2D eigenvalue weighted by Gasteiger charge is -2.32. The summed E-state index contributed by atoms with van der Waals surface area (Å²) in [6, 6.07) is 0.487. The van der Waals surface area contributed by atoms with Crippen LogP contribution in [0.15, 0.2) is 0 Å². The van der Waals surface area contributed by atoms with Gasteiger partial charge in [0.1, 0.15) is 5.54 Å². The predicted octanol–water partition coefficient (Wildman–Crippen LogP) is 1.56. The van der Waals surface area contributed by atoms with E-state index in [1.807, 2.05) is 6.92 Å². The van der Waals surface area contributed by atoms with Gasteiger partial charge in [-0.05, 0) is 52.5 Å². The van der Waals surface area contributed by atoms with E-state index in [0.717, 1.165) is 32.5 Å². The van der Waals surface area contributed by atoms with Crippen molar-refractivity contribution in [1.82, 2.24) is 10.2 Å². The van der Waals surface area contributed by atoms with Crippen molar-refractivity contribution in [2.24, 2.45) is 0 Å². The van der Waals surface area contributed by atoms with Crippen molar-refractivity contribution < 1.29 is 14.3 Å². The maximum Gasteiger partial charge on any atom is 0.325 e. The highest BCUT2D eigenvalue weighted by Gasteiger charge is 2.39. The van der Waals surface area contributed by atoms with Crippen molar-refractivity contribution in [3.8, 4) is 0 Å². The lowest BCUT2D eigenvalue weighted by molar-refractivity contribution is -0.148. The summed E-state index contributed by atoms with van der Waals surface area (Å²) in [4.78, 5) is 14.3. The van der Waals surface area contributed by atoms with Crippen molar-refractivity contribution >= 4 is 5.97 Å². The maximum atomic E-state index is 12.1. The van der Waals surface area contributed by atoms with Gasteiger partial charge in [0.05, 0.1) is 13.2 Å². The van der Waals surface area contributed by atoms with Gasteiger partial charge >= 0.3 is 5.97 Å². The monoisotopic (exact) mass is 298 g/mol. The molecule has 2 atom stereocenters. The predicted molar refractivity (Wildman–Crippen MR) is 82.3 cm³/mol. The molecule has 1 saturated carbocycles. The Morgan fingerprint density at radius 1 is 1.38 bits per heavy atom. The first-order valence-corrected chi connectivity index (χ1v) is 8.20. The molecule has 2 aliphatic rings. The first-order valence-electron chi connectivity index (χ1n) is 8.20. The van der Waals surface area contributed by atoms with E-state index >= 15 is 0 Å². The minimum Gasteiger partial charge on any atom is -0.468 e. The third-order valence-electron chi connectivity index (χ3n) is 4.52. The van der Waals surface area contributed by atoms with Crippen LogP contribution >= 0.6 is 0 Å². The molecule has 0 aromatic carbocycles. The van der Waals surface area contributed by atoms with Crippen LogP contribution in [0.25, 0.3) is 0 Å². The van der Waals surface area contributed by atoms with Gasteiger partial charge in [-0.1, -0.05) is 0 Å². The second-order valence-corrected chi connectivity index (χ2v) is 6.74. The molecule has 1 N–H and O–H groups in total. The molecule has 1 aliphatic heterocycles. The number of hydrogen-bond donors (Lipinski definition) is 1. The van der Waals surface area contributed by atoms with E-state index in [2.05, 4.69) is 17.3 Å². The number of methoxy groups -OCH3 is 1. The van der Waals surface area contributed by atoms with Crippen LogP contribution in [0.1, 0.15) is 45.4 Å². The molecule has 5 nitrogen and oxygen atoms in total. The topological polar surface area (TPSA) is 50.8 Å². The van der Waals surface area contributed by atoms with Gasteiger partial charge in [-0.2, -0.15) is 0 Å². The normalized spacial score (nSPS) is 25.6. The lowest BCUT2D eigenvalue weighted by Crippen LogP contribution is -2.53. The second kappa shape index (κ2) is 7.56. The quantitative estimate of drug-likeness (QED) is 0.689. The molecule has 1 heterocycles. The van der Waals surface area contributed by atoms with Crippen LogP contribution in [0.3, 0.4) is 0 Å². The molecule has 0 aromatic heterocycles. The minimum atomic E-state index is -0.572. The summed E-state index contributed by atoms with van der Waals surface area (Å²) in [5.74, 6) is -0.156. The number of esters is 1. The molecule has 2 fully saturated rings. The van der Waals surface area contributed by atoms with Gasteiger partial charge in [0, 0.05) is 25.7 Å². The summed E-state index contributed by atoms with van der Waals surface area (Å²) in [6.07, 6.45) is 7.05. The minimum absolute atomic E-state index is 0.156. The van der Waals surface area contributed by atoms with Gasteiger partial charge in [-0.25, -0.2) is 0 Å². The standard InChI is InChI=1S/C16H30N2O3/c1-16(15(19)20-3,17-13-7-8-13)9-10-18(2)12-14-6-4-5-11-21-14/h13-14,17H,4-12H2,1-3H3. The van der Waals surface area contributed by atoms with Crippen LogP contribution in [0.4, 0.5) is 0 Å². The number of hydrogen-bond acceptors (Lipinski definition) is 5. The van der Waals surface area contributed by atoms with E-state index in [1.165, 1.54) is 32.8 Å². The van der Waals surface area contributed by atoms with E-state index in [-0.39, 0.29) is 5.97 Å². The Balaban J connectivity index is 1.78. The number of nitrogens with zero attached hydrogens (tertiary/aromatic N) is 1. The van der Waals surface area contributed by atoms with E-state index in [0.29, 0.717) is 12.1 Å². The number of carbonyl (C=O) groups excluding carboxylic acids is 1. The zero-order valence-electron chi connectivity index (χ0n) is 13.7. The number of ether oxygens (including phenoxy) is 2. The summed E-state index contributed by atoms with van der Waals surface area (Å²) in [5.41, 5.74) is -0.572. The van der Waals surface area contributed by atoms with Crippen molar-refractivity contribution in [3.05, 3.63) is 0 Å². The molecule has 0 radical (unpaired) electrons. The number of carbonyl (C=O) groups is 1. The number of likely N-dealkylation sites (N-methyl/N-ethyl adjacent to an activating group) is 1. The molecule has 2 rings (SSSR count). The largest absolute Gasteiger partial charge is 0.468 e. The second-order valence-electron chi connectivity index (χ2n) is 6.74. The molecule has 21 heavy (non-hydrogen) atoms. The molecule has 2 unspecified atom stereocenters. The molecule has 5 heteroatoms. The zero-order chi connectivity index (χ0) is 15.3. The smallest absolute Gasteiger partial charge is 0.325 e. The van der Waals surface area contributed by atoms with Crippen LogP contribution in [0.5, 0.6) is 0 Å². The molecule has 1 saturated heterocycles. The summed E-state index contributed by atoms with van der Waals surface area (Å²) in [6.45, 7) is 4.66. The van der Waals surface area contributed by atoms with Crippen molar-refractivity contribution in [2.45, 2.75) is 63.1 Å². The van der Waals surface area contributed by atoms with Crippen LogP contribution in [0.2, 0.25) is 0 Å². The van der Waals surface area contributed by atoms with Gasteiger partial charge in [0.2, 0.25) is 0 Å². The molecule has 0 amide bonds. The number of nitrogens with one attached hydrogen (secondary N) is 1. The van der Waals surface area contributed by atoms with Gasteiger partial charge in [-0.3, -0.25) is 10.1 Å². The van der Waals surface area contributed by atoms with E-state index < -0.39 is 5.54 Å². The Morgan fingerprint density at radius 2 is 2.14 bits per heavy atom. The van der Waals surface area contributed by atoms with Crippen molar-refractivity contribution in [3.63, 3.8) is 0 Å². The molecular formula is C16H30N2O3. The summed E-state index contributed by atoms with van der Waals surface area (Å²) in [5, 5.41) is 3.44. The highest BCUT2D eigenvalue weighted by Crippen LogP contribution is 2.25. The van der Waals surface area contributed by atoms with Gasteiger partial charge in [0.15, 0.2) is 0 Å². The maximum absolute atomic E-state index is 12.1. The summed E-state index contributed by atoms with van der Waals surface area (Å²) < 4.78 is 10.8. The Kier molecular flexibility index (Phi) is 6.02. The van der Waals surface area contributed by atoms with Crippen molar-refractivity contribution in [1.29, 1.82) is 0 Å². The highest BCUT2D eigenvalue weighted by molar-refractivity contribution is 5.80. The fourth-order valence-electron chi connectivity index (χ4n) is 2.94. The zero-order valence-corrected chi connectivity index (χ0v) is 13.7. The Labute approximate surface area is 128 Å². The van der Waals surface area contributed by atoms with Gasteiger partial charge in [0.25, 0.3) is 0 Å². The third kappa shape index (κ3) is 5.24. The van der Waals surface area contributed by atoms with Crippen LogP contribution < -0.4 is 5.32 Å². The van der Waals surface area contributed by atoms with E-state index in [4.69, 9.17) is 9.47 Å². The number of rotatable bonds is 8. The summed E-state index contributed by atoms with van der Waals surface area (Å²) >= 11 is 0. The molecule has 122 valence electrons. The fraction of sp³-hybridized carbons (Fsp3) is 0.938. The Hall–Kier alpha value is -0.650. The first-order chi connectivity index (χ1) is 10.0. The average molecular weight is 298 g/mol. The fourth-order valence-corrected chi connectivity index (χ4v) is 2.94. The summed E-state index contributed by atoms with van der Waals surface area (Å²) in [7, 11) is 3.57. The highest BCUT2D eigenvalue weighted by atomic mass is 16.5. The molecule has 0 aromatic rings. The first kappa shape index (κ1) is 16.7. The molecular weight excluding hydrogens is 268 g/mol. The molecule has 1 aliphatic carbocycles. The van der Waals surface area contributed by atoms with Crippen LogP contribution in [-0.4, -0.2) is 62.4 Å². The van der Waals surface area contributed by atoms with Gasteiger partial charge < -0.3 is 14.4 Å². The third-order valence-corrected chi connectivity index (χ3v) is 4.52. The molecule has 0 bridgehead atoms. The van der Waals surface area contributed by atoms with E-state index in [9.17, 15) is 4.79 Å².